The van der Waals surface area contributed by atoms with Crippen LogP contribution in [-0.2, 0) is 18.4 Å². The first-order chi connectivity index (χ1) is 7.00. The number of nitrogens with two attached hydrogens (primary N) is 1. The highest BCUT2D eigenvalue weighted by Gasteiger charge is 2.16. The molecule has 1 atom stereocenters. The highest BCUT2D eigenvalue weighted by molar-refractivity contribution is 5.81. The van der Waals surface area contributed by atoms with Crippen molar-refractivity contribution in [2.75, 3.05) is 0 Å². The van der Waals surface area contributed by atoms with Crippen molar-refractivity contribution in [2.45, 2.75) is 26.4 Å². The van der Waals surface area contributed by atoms with Crippen molar-refractivity contribution in [1.29, 1.82) is 0 Å². The van der Waals surface area contributed by atoms with Gasteiger partial charge >= 0.3 is 0 Å². The van der Waals surface area contributed by atoms with Crippen molar-refractivity contribution in [3.8, 4) is 0 Å². The number of nitrogens with one attached hydrogen (secondary N) is 1. The number of carbonyl (C=O) groups is 1. The predicted molar refractivity (Wildman–Crippen MR) is 60.1 cm³/mol. The van der Waals surface area contributed by atoms with Crippen LogP contribution in [0.2, 0.25) is 0 Å². The number of rotatable bonds is 4. The second kappa shape index (κ2) is 4.98. The molecule has 0 spiro atoms. The largest absolute Gasteiger partial charge is 0.357 e. The van der Waals surface area contributed by atoms with Gasteiger partial charge in [-0.15, -0.1) is 0 Å². The van der Waals surface area contributed by atoms with Crippen LogP contribution in [0, 0.1) is 5.92 Å². The summed E-state index contributed by atoms with van der Waals surface area (Å²) in [5, 5.41) is 2.82. The third kappa shape index (κ3) is 3.40. The van der Waals surface area contributed by atoms with Gasteiger partial charge in [0.15, 0.2) is 0 Å². The molecule has 1 amide bonds. The topological polar surface area (TPSA) is 60.1 Å². The smallest absolute Gasteiger partial charge is 0.237 e. The molecule has 0 bridgehead atoms. The normalized spacial score (nSPS) is 12.9. The molecule has 0 radical (unpaired) electrons. The van der Waals surface area contributed by atoms with Crippen molar-refractivity contribution in [2.24, 2.45) is 18.7 Å². The molecule has 84 valence electrons. The maximum Gasteiger partial charge on any atom is 0.237 e. The fourth-order valence-corrected chi connectivity index (χ4v) is 1.28. The summed E-state index contributed by atoms with van der Waals surface area (Å²) in [5.74, 6) is 0.0784. The van der Waals surface area contributed by atoms with Crippen LogP contribution in [0.5, 0.6) is 0 Å². The van der Waals surface area contributed by atoms with Crippen LogP contribution in [0.1, 0.15) is 19.4 Å². The van der Waals surface area contributed by atoms with Crippen LogP contribution < -0.4 is 11.1 Å². The van der Waals surface area contributed by atoms with Crippen molar-refractivity contribution in [3.63, 3.8) is 0 Å². The van der Waals surface area contributed by atoms with E-state index in [9.17, 15) is 4.79 Å². The minimum atomic E-state index is -0.422. The summed E-state index contributed by atoms with van der Waals surface area (Å²) >= 11 is 0. The third-order valence-corrected chi connectivity index (χ3v) is 2.38. The number of carbonyl (C=O) groups excluding carboxylic acids is 1. The molecule has 0 fully saturated rings. The van der Waals surface area contributed by atoms with Crippen molar-refractivity contribution >= 4 is 5.91 Å². The molecule has 0 saturated carbocycles. The van der Waals surface area contributed by atoms with Crippen LogP contribution in [-0.4, -0.2) is 16.5 Å². The Bertz CT molecular complexity index is 330. The van der Waals surface area contributed by atoms with Gasteiger partial charge in [-0.2, -0.15) is 0 Å². The molecule has 3 N–H and O–H groups in total. The van der Waals surface area contributed by atoms with Crippen LogP contribution in [0.3, 0.4) is 0 Å². The molecule has 0 saturated heterocycles. The van der Waals surface area contributed by atoms with E-state index in [0.29, 0.717) is 6.54 Å². The number of aryl methyl sites for hydroxylation is 1. The van der Waals surface area contributed by atoms with E-state index in [4.69, 9.17) is 5.73 Å². The molecular formula is C11H19N3O. The van der Waals surface area contributed by atoms with Gasteiger partial charge in [0, 0.05) is 26.0 Å². The summed E-state index contributed by atoms with van der Waals surface area (Å²) in [5.41, 5.74) is 6.80. The van der Waals surface area contributed by atoms with Crippen molar-refractivity contribution in [3.05, 3.63) is 24.0 Å². The van der Waals surface area contributed by atoms with E-state index in [1.54, 1.807) is 0 Å². The summed E-state index contributed by atoms with van der Waals surface area (Å²) < 4.78 is 1.95. The van der Waals surface area contributed by atoms with Gasteiger partial charge in [0.2, 0.25) is 5.91 Å². The molecule has 15 heavy (non-hydrogen) atoms. The maximum atomic E-state index is 11.5. The van der Waals surface area contributed by atoms with E-state index in [1.807, 2.05) is 43.9 Å². The molecule has 1 unspecified atom stereocenters. The Hall–Kier alpha value is -1.29. The quantitative estimate of drug-likeness (QED) is 0.764. The van der Waals surface area contributed by atoms with Gasteiger partial charge in [-0.3, -0.25) is 4.79 Å². The average molecular weight is 209 g/mol. The summed E-state index contributed by atoms with van der Waals surface area (Å²) in [4.78, 5) is 11.5. The Morgan fingerprint density at radius 2 is 2.27 bits per heavy atom. The van der Waals surface area contributed by atoms with Crippen molar-refractivity contribution < 1.29 is 4.79 Å². The average Bonchev–Trinajstić information content (AvgIpc) is 2.59. The lowest BCUT2D eigenvalue weighted by Gasteiger charge is -2.14. The first-order valence-corrected chi connectivity index (χ1v) is 5.15. The van der Waals surface area contributed by atoms with Crippen LogP contribution in [0.25, 0.3) is 0 Å². The zero-order chi connectivity index (χ0) is 11.4. The van der Waals surface area contributed by atoms with Gasteiger partial charge in [0.1, 0.15) is 0 Å². The molecule has 4 heteroatoms. The van der Waals surface area contributed by atoms with E-state index >= 15 is 0 Å². The van der Waals surface area contributed by atoms with Gasteiger partial charge in [-0.1, -0.05) is 13.8 Å². The standard InChI is InChI=1S/C11H19N3O/c1-8(2)10(12)11(15)13-6-9-4-5-14(3)7-9/h4-5,7-8,10H,6,12H2,1-3H3,(H,13,15). The fraction of sp³-hybridized carbons (Fsp3) is 0.545. The second-order valence-electron chi connectivity index (χ2n) is 4.17. The Labute approximate surface area is 90.5 Å². The number of hydrogen-bond acceptors (Lipinski definition) is 2. The van der Waals surface area contributed by atoms with E-state index in [0.717, 1.165) is 5.56 Å². The number of aromatic nitrogens is 1. The Morgan fingerprint density at radius 3 is 2.73 bits per heavy atom. The van der Waals surface area contributed by atoms with Crippen LogP contribution >= 0.6 is 0 Å². The van der Waals surface area contributed by atoms with Gasteiger partial charge in [0.25, 0.3) is 0 Å². The van der Waals surface area contributed by atoms with Crippen LogP contribution in [0.4, 0.5) is 0 Å². The predicted octanol–water partition coefficient (Wildman–Crippen LogP) is 0.625. The maximum absolute atomic E-state index is 11.5. The highest BCUT2D eigenvalue weighted by Crippen LogP contribution is 2.01. The number of nitrogens with zero attached hydrogens (tertiary/aromatic N) is 1. The third-order valence-electron chi connectivity index (χ3n) is 2.38. The molecule has 0 aromatic carbocycles. The summed E-state index contributed by atoms with van der Waals surface area (Å²) in [6, 6.07) is 1.55. The molecule has 1 heterocycles. The lowest BCUT2D eigenvalue weighted by atomic mass is 10.1. The molecule has 0 aliphatic heterocycles. The minimum Gasteiger partial charge on any atom is -0.357 e. The van der Waals surface area contributed by atoms with Gasteiger partial charge in [-0.25, -0.2) is 0 Å². The molecule has 0 aliphatic carbocycles. The number of amides is 1. The Morgan fingerprint density at radius 1 is 1.60 bits per heavy atom. The van der Waals surface area contributed by atoms with Gasteiger partial charge in [0.05, 0.1) is 6.04 Å². The van der Waals surface area contributed by atoms with Crippen molar-refractivity contribution in [1.82, 2.24) is 9.88 Å². The van der Waals surface area contributed by atoms with E-state index in [-0.39, 0.29) is 11.8 Å². The van der Waals surface area contributed by atoms with Gasteiger partial charge in [-0.05, 0) is 17.5 Å². The fourth-order valence-electron chi connectivity index (χ4n) is 1.28. The molecular weight excluding hydrogens is 190 g/mol. The SMILES string of the molecule is CC(C)C(N)C(=O)NCc1ccn(C)c1. The Balaban J connectivity index is 2.40. The first kappa shape index (κ1) is 11.8. The lowest BCUT2D eigenvalue weighted by molar-refractivity contribution is -0.123. The lowest BCUT2D eigenvalue weighted by Crippen LogP contribution is -2.43. The first-order valence-electron chi connectivity index (χ1n) is 5.15. The van der Waals surface area contributed by atoms with Gasteiger partial charge < -0.3 is 15.6 Å². The van der Waals surface area contributed by atoms with E-state index in [1.165, 1.54) is 0 Å². The molecule has 1 rings (SSSR count). The second-order valence-corrected chi connectivity index (χ2v) is 4.17. The van der Waals surface area contributed by atoms with Crippen LogP contribution in [0.15, 0.2) is 18.5 Å². The zero-order valence-corrected chi connectivity index (χ0v) is 9.53. The zero-order valence-electron chi connectivity index (χ0n) is 9.53. The molecule has 4 nitrogen and oxygen atoms in total. The summed E-state index contributed by atoms with van der Waals surface area (Å²) in [6.45, 7) is 4.42. The van der Waals surface area contributed by atoms with E-state index < -0.39 is 6.04 Å². The Kier molecular flexibility index (Phi) is 3.91. The molecule has 1 aromatic heterocycles. The summed E-state index contributed by atoms with van der Waals surface area (Å²) in [6.07, 6.45) is 3.92. The van der Waals surface area contributed by atoms with E-state index in [2.05, 4.69) is 5.32 Å². The molecule has 0 aliphatic rings. The minimum absolute atomic E-state index is 0.0890. The highest BCUT2D eigenvalue weighted by atomic mass is 16.2. The number of hydrogen-bond donors (Lipinski definition) is 2. The summed E-state index contributed by atoms with van der Waals surface area (Å²) in [7, 11) is 1.95. The monoisotopic (exact) mass is 209 g/mol. The molecule has 1 aromatic rings.